The zero-order valence-electron chi connectivity index (χ0n) is 76.6. The molecule has 0 saturated carbocycles. The number of aryl methyl sites for hydroxylation is 6. The maximum absolute atomic E-state index is 12.5. The summed E-state index contributed by atoms with van der Waals surface area (Å²) >= 11 is 3.64. The first-order valence-corrected chi connectivity index (χ1v) is 44.3. The molecule has 0 radical (unpaired) electrons. The summed E-state index contributed by atoms with van der Waals surface area (Å²) in [7, 11) is -0.314. The van der Waals surface area contributed by atoms with E-state index in [1.165, 1.54) is 71.8 Å². The number of rotatable bonds is 9. The number of hydrogen-bond donors (Lipinski definition) is 9. The van der Waals surface area contributed by atoms with Crippen LogP contribution in [0.1, 0.15) is 186 Å². The number of aliphatic carboxylic acids is 2. The number of carboxylic acids is 2. The molecule has 12 aromatic rings. The molecule has 135 heavy (non-hydrogen) atoms. The molecule has 37 heteroatoms. The topological polar surface area (TPSA) is 340 Å². The number of nitrogens with one attached hydrogen (secondary N) is 7. The molecule has 28 nitrogen and oxygen atoms in total. The van der Waals surface area contributed by atoms with Crippen LogP contribution in [-0.4, -0.2) is 185 Å². The number of amides is 2. The smallest absolute Gasteiger partial charge is 0.475 e. The Bertz CT molecular complexity index is 6260. The van der Waals surface area contributed by atoms with Crippen molar-refractivity contribution in [1.82, 2.24) is 75.1 Å². The molecule has 3 atom stereocenters. The van der Waals surface area contributed by atoms with Gasteiger partial charge in [0.2, 0.25) is 0 Å². The molecule has 7 aliphatic heterocycles. The molecule has 0 aliphatic carbocycles. The van der Waals surface area contributed by atoms with E-state index >= 15 is 0 Å². The Hall–Kier alpha value is -11.8. The van der Waals surface area contributed by atoms with E-state index < -0.39 is 35.5 Å². The second-order valence-electron chi connectivity index (χ2n) is 36.1. The van der Waals surface area contributed by atoms with Crippen molar-refractivity contribution in [2.45, 2.75) is 216 Å². The maximum atomic E-state index is 12.5. The van der Waals surface area contributed by atoms with Crippen LogP contribution in [0.25, 0.3) is 77.6 Å². The second kappa shape index (κ2) is 43.4. The molecule has 9 N–H and O–H groups in total. The first-order valence-electron chi connectivity index (χ1n) is 43.5. The van der Waals surface area contributed by atoms with Gasteiger partial charge in [-0.15, -0.1) is 15.3 Å². The van der Waals surface area contributed by atoms with Gasteiger partial charge >= 0.3 is 43.6 Å². The van der Waals surface area contributed by atoms with Crippen molar-refractivity contribution in [3.05, 3.63) is 226 Å². The number of ether oxygens (including phenoxy) is 2. The number of carbonyl (C=O) groups excluding carboxylic acids is 2. The molecule has 720 valence electrons. The van der Waals surface area contributed by atoms with E-state index in [0.717, 1.165) is 149 Å². The van der Waals surface area contributed by atoms with Crippen LogP contribution in [0.5, 0.6) is 0 Å². The van der Waals surface area contributed by atoms with Crippen LogP contribution in [0.4, 0.5) is 53.0 Å². The van der Waals surface area contributed by atoms with Gasteiger partial charge in [0.15, 0.2) is 0 Å². The SMILES string of the molecule is C.C.CC(C)(C)OC(=O)N1CC=C(B2OC(C)(C)C(C)(C)O2)CC1.Cc1nnn2c1-c1ccc(Br)cc1C(Nc1ccc3[nH]ccc3c1)CC2.Cc1nnn2c1-c1ccc(C3=CCN(C(=O)OC(C)(C)C)CC3)cc1C(Nc1ccc3[nH]ccc3c1)CC2.Cc1nnn2c1-c1ccc(C3=CCNCC3)cc1C(Nc1ccc3[nH]ccc3c1)CC2.O=C(O)C(F)(F)F.O=C(O)C(F)(F)F.[CH3-].[W]. The second-order valence-corrected chi connectivity index (χ2v) is 37.0. The van der Waals surface area contributed by atoms with Gasteiger partial charge in [0.1, 0.15) is 11.2 Å². The summed E-state index contributed by atoms with van der Waals surface area (Å²) in [6.07, 6.45) is 7.15. The molecule has 7 aliphatic rings. The van der Waals surface area contributed by atoms with Gasteiger partial charge in [-0.1, -0.05) is 95.0 Å². The Labute approximate surface area is 805 Å². The van der Waals surface area contributed by atoms with E-state index in [4.69, 9.17) is 38.6 Å². The maximum Gasteiger partial charge on any atom is 0.490 e. The summed E-state index contributed by atoms with van der Waals surface area (Å²) in [5, 5.41) is 58.8. The molecule has 2 amide bonds. The van der Waals surface area contributed by atoms with Gasteiger partial charge in [-0.25, -0.2) is 33.2 Å². The minimum atomic E-state index is -5.08. The van der Waals surface area contributed by atoms with Crippen molar-refractivity contribution in [3.8, 4) is 33.8 Å². The minimum absolute atomic E-state index is 0. The molecule has 3 unspecified atom stereocenters. The number of H-pyrrole nitrogens is 3. The van der Waals surface area contributed by atoms with Crippen molar-refractivity contribution in [2.24, 2.45) is 0 Å². The first-order chi connectivity index (χ1) is 62.0. The molecule has 1 saturated heterocycles. The number of fused-ring (bicyclic) bond motifs is 12. The summed E-state index contributed by atoms with van der Waals surface area (Å²) in [4.78, 5) is 55.7. The summed E-state index contributed by atoms with van der Waals surface area (Å²) in [6, 6.07) is 46.4. The van der Waals surface area contributed by atoms with Crippen LogP contribution in [0.2, 0.25) is 0 Å². The third kappa shape index (κ3) is 25.5. The number of hydrogen-bond acceptors (Lipinski definition) is 18. The Morgan fingerprint density at radius 1 is 0.489 bits per heavy atom. The van der Waals surface area contributed by atoms with Gasteiger partial charge in [0, 0.05) is 163 Å². The number of nitrogens with zero attached hydrogens (tertiary/aromatic N) is 11. The van der Waals surface area contributed by atoms with Gasteiger partial charge in [-0.3, -0.25) is 0 Å². The van der Waals surface area contributed by atoms with E-state index in [1.54, 1.807) is 9.80 Å². The number of aromatic amines is 3. The van der Waals surface area contributed by atoms with E-state index in [1.807, 2.05) is 117 Å². The average Bonchev–Trinajstić information content (AvgIpc) is 1.65. The summed E-state index contributed by atoms with van der Waals surface area (Å²) in [5.41, 5.74) is 25.2. The Kier molecular flexibility index (Phi) is 33.9. The predicted octanol–water partition coefficient (Wildman–Crippen LogP) is 22.2. The monoisotopic (exact) mass is 2100 g/mol. The van der Waals surface area contributed by atoms with Gasteiger partial charge in [-0.2, -0.15) is 26.3 Å². The summed E-state index contributed by atoms with van der Waals surface area (Å²) in [5.74, 6) is -5.51. The summed E-state index contributed by atoms with van der Waals surface area (Å²) in [6.45, 7) is 32.4. The number of alkyl halides is 6. The van der Waals surface area contributed by atoms with E-state index in [0.29, 0.717) is 26.2 Å². The number of carboxylic acid groups (broad SMARTS) is 2. The minimum Gasteiger partial charge on any atom is -0.475 e. The van der Waals surface area contributed by atoms with E-state index in [-0.39, 0.29) is 92.0 Å². The van der Waals surface area contributed by atoms with Crippen LogP contribution in [0, 0.1) is 28.2 Å². The third-order valence-corrected chi connectivity index (χ3v) is 24.4. The normalized spacial score (nSPS) is 17.3. The van der Waals surface area contributed by atoms with Crippen LogP contribution in [0.15, 0.2) is 174 Å². The van der Waals surface area contributed by atoms with Crippen molar-refractivity contribution in [3.63, 3.8) is 0 Å². The number of aromatic nitrogens is 12. The standard InChI is InChI=1S/C30H34N6O2.C25H26N6.C20H18BrN5.C16H28BNO4.2C2HF3O2.2CH4.CH3.W/c1-19-28-24-7-5-21(20-10-14-35(15-11-20)29(37)38-30(2,3)4)18-25(24)27(12-16-36(28)34-33-19)32-23-6-8-26-22(17-23)9-13-31-26;1-16-25-21-4-2-18(17-6-10-26-11-7-17)15-22(21)24(9-13-31(25)30-29-16)28-20-3-5-23-19(14-20)8-12-27-23;1-12-20-16-4-2-14(21)11-17(16)19(7-9-26(20)25-24-12)23-15-3-5-18-13(10-15)6-8-22-18;1-14(2,3)20-13(19)18-10-8-12(9-11-18)17-21-15(4,5)16(6,7)22-17;2*3-2(4,5)1(6)7;;;;/h5-10,13,17-18,27,31-32H,11-12,14-16H2,1-4H3;2-6,8,12,14-15,24,26-28H,7,9-11,13H2,1H3;2-6,8,10-11,19,22-23H,7,9H2,1H3;8H,9-11H2,1-7H3;2*(H,6,7);2*1H4;1H3;/q;;;;;;;;-1;. The third-order valence-electron chi connectivity index (χ3n) is 23.9. The molecule has 19 rings (SSSR count). The van der Waals surface area contributed by atoms with Crippen LogP contribution in [0.3, 0.4) is 0 Å². The van der Waals surface area contributed by atoms with Gasteiger partial charge in [0.05, 0.1) is 63.5 Å². The molecular weight excluding hydrogens is 1980 g/mol. The zero-order chi connectivity index (χ0) is 93.8. The largest absolute Gasteiger partial charge is 0.490 e. The number of anilines is 3. The molecule has 1 fully saturated rings. The zero-order valence-corrected chi connectivity index (χ0v) is 81.2. The number of halogens is 7. The molecule has 0 bridgehead atoms. The van der Waals surface area contributed by atoms with Crippen molar-refractivity contribution in [1.29, 1.82) is 0 Å². The van der Waals surface area contributed by atoms with Crippen molar-refractivity contribution < 1.29 is 95.6 Å². The van der Waals surface area contributed by atoms with Crippen LogP contribution in [-0.2, 0) is 69.1 Å². The van der Waals surface area contributed by atoms with E-state index in [2.05, 4.69) is 234 Å². The van der Waals surface area contributed by atoms with Crippen LogP contribution >= 0.6 is 15.9 Å². The Balaban J connectivity index is 0.000000178. The van der Waals surface area contributed by atoms with E-state index in [9.17, 15) is 35.9 Å². The predicted molar refractivity (Wildman–Crippen MR) is 516 cm³/mol. The molecule has 0 spiro atoms. The van der Waals surface area contributed by atoms with Crippen molar-refractivity contribution in [2.75, 3.05) is 55.2 Å². The fourth-order valence-electron chi connectivity index (χ4n) is 16.6. The Morgan fingerprint density at radius 2 is 0.844 bits per heavy atom. The van der Waals surface area contributed by atoms with Crippen LogP contribution < -0.4 is 21.3 Å². The number of carbonyl (C=O) groups is 4. The Morgan fingerprint density at radius 3 is 1.18 bits per heavy atom. The fraction of sp³-hybridized carbons (Fsp3) is 0.398. The van der Waals surface area contributed by atoms with Gasteiger partial charge < -0.3 is 82.4 Å². The molecular formula is C98H119BBrF6N18O10W-. The molecule has 6 aromatic heterocycles. The number of benzene rings is 6. The summed E-state index contributed by atoms with van der Waals surface area (Å²) < 4.78 is 93.8. The quantitative estimate of drug-likeness (QED) is 0.0368. The first kappa shape index (κ1) is 105. The van der Waals surface area contributed by atoms with Gasteiger partial charge in [-0.05, 0) is 277 Å². The van der Waals surface area contributed by atoms with Crippen molar-refractivity contribution >= 4 is 108 Å². The van der Waals surface area contributed by atoms with Gasteiger partial charge in [0.25, 0.3) is 0 Å². The fourth-order valence-corrected chi connectivity index (χ4v) is 17.0. The molecule has 13 heterocycles. The molecule has 6 aromatic carbocycles. The average molecular weight is 2100 g/mol.